The maximum Gasteiger partial charge on any atom is 0.266 e. The largest absolute Gasteiger partial charge is 0.342 e. The Morgan fingerprint density at radius 3 is 2.80 bits per heavy atom. The number of sulfonamides is 1. The van der Waals surface area contributed by atoms with E-state index < -0.39 is 22.0 Å². The molecule has 1 unspecified atom stereocenters. The van der Waals surface area contributed by atoms with E-state index in [4.69, 9.17) is 23.2 Å². The molecular weight excluding hydrogens is 451 g/mol. The molecule has 162 valence electrons. The second kappa shape index (κ2) is 8.03. The molecule has 2 atom stereocenters. The molecule has 2 fully saturated rings. The van der Waals surface area contributed by atoms with Gasteiger partial charge in [-0.2, -0.15) is 0 Å². The molecule has 2 saturated heterocycles. The van der Waals surface area contributed by atoms with Crippen LogP contribution in [0.15, 0.2) is 35.5 Å². The van der Waals surface area contributed by atoms with Crippen LogP contribution in [0.2, 0.25) is 10.0 Å². The Balaban J connectivity index is 1.57. The number of hydrogen-bond acceptors (Lipinski definition) is 5. The van der Waals surface area contributed by atoms with Crippen LogP contribution < -0.4 is 10.6 Å². The van der Waals surface area contributed by atoms with Gasteiger partial charge < -0.3 is 15.5 Å². The van der Waals surface area contributed by atoms with E-state index in [0.29, 0.717) is 13.1 Å². The van der Waals surface area contributed by atoms with Gasteiger partial charge in [-0.05, 0) is 31.5 Å². The number of nitrogens with zero attached hydrogens (tertiary/aromatic N) is 2. The maximum atomic E-state index is 13.2. The van der Waals surface area contributed by atoms with E-state index in [1.165, 1.54) is 30.6 Å². The van der Waals surface area contributed by atoms with Crippen molar-refractivity contribution in [1.29, 1.82) is 0 Å². The predicted octanol–water partition coefficient (Wildman–Crippen LogP) is 1.56. The van der Waals surface area contributed by atoms with Gasteiger partial charge in [-0.3, -0.25) is 13.9 Å². The highest BCUT2D eigenvalue weighted by molar-refractivity contribution is 7.89. The Hall–Kier alpha value is -1.81. The van der Waals surface area contributed by atoms with E-state index in [9.17, 15) is 18.0 Å². The standard InChI is InChI=1S/C19H22Cl2N4O4S/c20-13-2-1-3-15(17(13)21)30(28,29)25-9-7-23-18(27)14(25)10-16(26)24-8-5-19(12-24)4-6-22-11-19/h1-3,7,9,14,22H,4-6,8,10-12H2,(H,23,27)/t14-,19?/m1/s1. The van der Waals surface area contributed by atoms with Crippen molar-refractivity contribution in [1.82, 2.24) is 19.8 Å². The molecule has 0 bridgehead atoms. The molecule has 30 heavy (non-hydrogen) atoms. The summed E-state index contributed by atoms with van der Waals surface area (Å²) >= 11 is 12.1. The molecular formula is C19H22Cl2N4O4S. The molecule has 3 heterocycles. The number of benzene rings is 1. The normalized spacial score (nSPS) is 26.5. The third kappa shape index (κ3) is 3.79. The van der Waals surface area contributed by atoms with Gasteiger partial charge >= 0.3 is 0 Å². The van der Waals surface area contributed by atoms with Crippen molar-refractivity contribution >= 4 is 45.0 Å². The van der Waals surface area contributed by atoms with Crippen LogP contribution in [0, 0.1) is 5.41 Å². The first kappa shape index (κ1) is 21.4. The van der Waals surface area contributed by atoms with Crippen LogP contribution in [0.1, 0.15) is 19.3 Å². The van der Waals surface area contributed by atoms with Gasteiger partial charge in [0.05, 0.1) is 16.5 Å². The summed E-state index contributed by atoms with van der Waals surface area (Å²) in [5.41, 5.74) is 0.0878. The molecule has 0 radical (unpaired) electrons. The number of hydrogen-bond donors (Lipinski definition) is 2. The lowest BCUT2D eigenvalue weighted by Crippen LogP contribution is -2.51. The number of nitrogens with one attached hydrogen (secondary N) is 2. The summed E-state index contributed by atoms with van der Waals surface area (Å²) < 4.78 is 27.4. The van der Waals surface area contributed by atoms with E-state index in [1.807, 2.05) is 0 Å². The molecule has 11 heteroatoms. The van der Waals surface area contributed by atoms with Crippen molar-refractivity contribution in [3.05, 3.63) is 40.6 Å². The van der Waals surface area contributed by atoms with Crippen LogP contribution in [-0.2, 0) is 19.6 Å². The second-order valence-electron chi connectivity index (χ2n) is 7.92. The molecule has 3 aliphatic rings. The lowest BCUT2D eigenvalue weighted by atomic mass is 9.86. The van der Waals surface area contributed by atoms with Crippen molar-refractivity contribution in [2.75, 3.05) is 26.2 Å². The quantitative estimate of drug-likeness (QED) is 0.692. The highest BCUT2D eigenvalue weighted by atomic mass is 35.5. The summed E-state index contributed by atoms with van der Waals surface area (Å²) in [6.45, 7) is 3.04. The van der Waals surface area contributed by atoms with Crippen molar-refractivity contribution in [3.63, 3.8) is 0 Å². The van der Waals surface area contributed by atoms with Gasteiger partial charge in [0.25, 0.3) is 10.0 Å². The van der Waals surface area contributed by atoms with E-state index in [0.717, 1.165) is 30.2 Å². The lowest BCUT2D eigenvalue weighted by Gasteiger charge is -2.32. The molecule has 1 aromatic carbocycles. The van der Waals surface area contributed by atoms with Crippen LogP contribution in [-0.4, -0.2) is 61.7 Å². The van der Waals surface area contributed by atoms with Gasteiger partial charge in [-0.1, -0.05) is 29.3 Å². The minimum Gasteiger partial charge on any atom is -0.342 e. The maximum absolute atomic E-state index is 13.2. The molecule has 2 amide bonds. The molecule has 1 aromatic rings. The van der Waals surface area contributed by atoms with Crippen molar-refractivity contribution in [2.45, 2.75) is 30.2 Å². The average Bonchev–Trinajstić information content (AvgIpc) is 3.35. The van der Waals surface area contributed by atoms with Gasteiger partial charge in [0.1, 0.15) is 10.9 Å². The Morgan fingerprint density at radius 2 is 2.07 bits per heavy atom. The SMILES string of the molecule is O=C1NC=CN(S(=O)(=O)c2cccc(Cl)c2Cl)[C@@H]1CC(=O)N1CCC2(CCNC2)C1. The Kier molecular flexibility index (Phi) is 5.73. The number of amides is 2. The zero-order chi connectivity index (χ0) is 21.5. The third-order valence-electron chi connectivity index (χ3n) is 6.02. The topological polar surface area (TPSA) is 98.8 Å². The smallest absolute Gasteiger partial charge is 0.266 e. The first-order valence-corrected chi connectivity index (χ1v) is 11.9. The monoisotopic (exact) mass is 472 g/mol. The molecule has 4 rings (SSSR count). The van der Waals surface area contributed by atoms with Crippen molar-refractivity contribution in [2.24, 2.45) is 5.41 Å². The van der Waals surface area contributed by atoms with Gasteiger partial charge in [0.15, 0.2) is 0 Å². The first-order valence-electron chi connectivity index (χ1n) is 9.67. The predicted molar refractivity (Wildman–Crippen MR) is 112 cm³/mol. The lowest BCUT2D eigenvalue weighted by molar-refractivity contribution is -0.135. The van der Waals surface area contributed by atoms with Crippen LogP contribution in [0.4, 0.5) is 0 Å². The molecule has 2 N–H and O–H groups in total. The van der Waals surface area contributed by atoms with E-state index in [2.05, 4.69) is 10.6 Å². The fourth-order valence-electron chi connectivity index (χ4n) is 4.32. The molecule has 8 nitrogen and oxygen atoms in total. The molecule has 0 saturated carbocycles. The summed E-state index contributed by atoms with van der Waals surface area (Å²) in [5, 5.41) is 5.79. The highest BCUT2D eigenvalue weighted by Crippen LogP contribution is 2.37. The molecule has 0 aromatic heterocycles. The number of carbonyl (C=O) groups excluding carboxylic acids is 2. The van der Waals surface area contributed by atoms with Gasteiger partial charge in [-0.25, -0.2) is 8.42 Å². The Morgan fingerprint density at radius 1 is 1.27 bits per heavy atom. The minimum absolute atomic E-state index is 0.0864. The third-order valence-corrected chi connectivity index (χ3v) is 8.78. The highest BCUT2D eigenvalue weighted by Gasteiger charge is 2.44. The average molecular weight is 473 g/mol. The van der Waals surface area contributed by atoms with Crippen LogP contribution >= 0.6 is 23.2 Å². The van der Waals surface area contributed by atoms with Gasteiger partial charge in [0.2, 0.25) is 11.8 Å². The van der Waals surface area contributed by atoms with Crippen LogP contribution in [0.3, 0.4) is 0 Å². The molecule has 1 spiro atoms. The van der Waals surface area contributed by atoms with Crippen molar-refractivity contribution in [3.8, 4) is 0 Å². The molecule has 0 aliphatic carbocycles. The summed E-state index contributed by atoms with van der Waals surface area (Å²) in [5.74, 6) is -0.810. The van der Waals surface area contributed by atoms with E-state index >= 15 is 0 Å². The zero-order valence-corrected chi connectivity index (χ0v) is 18.4. The second-order valence-corrected chi connectivity index (χ2v) is 10.5. The summed E-state index contributed by atoms with van der Waals surface area (Å²) in [7, 11) is -4.20. The summed E-state index contributed by atoms with van der Waals surface area (Å²) in [6.07, 6.45) is 4.13. The van der Waals surface area contributed by atoms with Crippen molar-refractivity contribution < 1.29 is 18.0 Å². The minimum atomic E-state index is -4.20. The number of halogens is 2. The fourth-order valence-corrected chi connectivity index (χ4v) is 6.51. The first-order chi connectivity index (χ1) is 14.2. The molecule has 3 aliphatic heterocycles. The Bertz CT molecular complexity index is 1010. The summed E-state index contributed by atoms with van der Waals surface area (Å²) in [6, 6.07) is 3.05. The van der Waals surface area contributed by atoms with E-state index in [-0.39, 0.29) is 32.7 Å². The fraction of sp³-hybridized carbons (Fsp3) is 0.474. The Labute approximate surface area is 185 Å². The van der Waals surface area contributed by atoms with Gasteiger partial charge in [0, 0.05) is 37.4 Å². The zero-order valence-electron chi connectivity index (χ0n) is 16.1. The number of likely N-dealkylation sites (tertiary alicyclic amines) is 1. The number of rotatable bonds is 4. The van der Waals surface area contributed by atoms with Crippen LogP contribution in [0.5, 0.6) is 0 Å². The van der Waals surface area contributed by atoms with Gasteiger partial charge in [-0.15, -0.1) is 0 Å². The van der Waals surface area contributed by atoms with E-state index in [1.54, 1.807) is 4.90 Å². The van der Waals surface area contributed by atoms with Crippen LogP contribution in [0.25, 0.3) is 0 Å². The summed E-state index contributed by atoms with van der Waals surface area (Å²) in [4.78, 5) is 27.0. The number of carbonyl (C=O) groups is 2.